The van der Waals surface area contributed by atoms with Crippen LogP contribution in [0.15, 0.2) is 28.7 Å². The maximum atomic E-state index is 12.4. The quantitative estimate of drug-likeness (QED) is 0.776. The van der Waals surface area contributed by atoms with E-state index in [2.05, 4.69) is 11.4 Å². The van der Waals surface area contributed by atoms with Gasteiger partial charge in [-0.2, -0.15) is 11.3 Å². The van der Waals surface area contributed by atoms with E-state index in [0.29, 0.717) is 18.8 Å². The zero-order chi connectivity index (χ0) is 16.2. The highest BCUT2D eigenvalue weighted by Crippen LogP contribution is 2.40. The van der Waals surface area contributed by atoms with Gasteiger partial charge in [0.25, 0.3) is 5.91 Å². The highest BCUT2D eigenvalue weighted by molar-refractivity contribution is 7.08. The van der Waals surface area contributed by atoms with Crippen molar-refractivity contribution in [2.75, 3.05) is 26.3 Å². The number of allylic oxidation sites excluding steroid dienone is 1. The standard InChI is InChI=1S/C17H23NO4S/c1-2-21-17-13(4-3-8-19)14(12-5-9-23-11-12)10-15(22-17)16(20)18-6-7-18/h5,9-11,13-14,17,19H,2-4,6-8H2,1H3/t13-,14-,17-/m1/s1. The van der Waals surface area contributed by atoms with Crippen LogP contribution in [0.5, 0.6) is 0 Å². The molecule has 1 amide bonds. The van der Waals surface area contributed by atoms with Gasteiger partial charge in [0.05, 0.1) is 0 Å². The fraction of sp³-hybridized carbons (Fsp3) is 0.588. The Bertz CT molecular complexity index is 553. The van der Waals surface area contributed by atoms with Gasteiger partial charge < -0.3 is 19.5 Å². The molecular formula is C17H23NO4S. The van der Waals surface area contributed by atoms with Crippen molar-refractivity contribution in [1.29, 1.82) is 0 Å². The van der Waals surface area contributed by atoms with Crippen molar-refractivity contribution in [2.24, 2.45) is 5.92 Å². The highest BCUT2D eigenvalue weighted by atomic mass is 32.1. The zero-order valence-electron chi connectivity index (χ0n) is 13.3. The van der Waals surface area contributed by atoms with Crippen molar-refractivity contribution in [2.45, 2.75) is 32.0 Å². The molecule has 23 heavy (non-hydrogen) atoms. The van der Waals surface area contributed by atoms with E-state index in [1.54, 1.807) is 16.2 Å². The second-order valence-corrected chi connectivity index (χ2v) is 6.66. The van der Waals surface area contributed by atoms with Gasteiger partial charge in [0.1, 0.15) is 0 Å². The first-order valence-corrected chi connectivity index (χ1v) is 9.11. The molecule has 0 saturated carbocycles. The summed E-state index contributed by atoms with van der Waals surface area (Å²) in [7, 11) is 0. The summed E-state index contributed by atoms with van der Waals surface area (Å²) in [6, 6.07) is 2.09. The maximum absolute atomic E-state index is 12.4. The first-order chi connectivity index (χ1) is 11.2. The van der Waals surface area contributed by atoms with Gasteiger partial charge in [0.15, 0.2) is 5.76 Å². The summed E-state index contributed by atoms with van der Waals surface area (Å²) < 4.78 is 11.7. The molecule has 0 unspecified atom stereocenters. The number of amides is 1. The van der Waals surface area contributed by atoms with Gasteiger partial charge in [0, 0.05) is 38.1 Å². The summed E-state index contributed by atoms with van der Waals surface area (Å²) in [6.45, 7) is 4.21. The van der Waals surface area contributed by atoms with Crippen LogP contribution in [0.25, 0.3) is 0 Å². The summed E-state index contributed by atoms with van der Waals surface area (Å²) in [5.41, 5.74) is 1.18. The van der Waals surface area contributed by atoms with E-state index in [-0.39, 0.29) is 24.3 Å². The van der Waals surface area contributed by atoms with Crippen LogP contribution in [0.2, 0.25) is 0 Å². The first-order valence-electron chi connectivity index (χ1n) is 8.17. The third-order valence-electron chi connectivity index (χ3n) is 4.28. The van der Waals surface area contributed by atoms with Crippen molar-refractivity contribution >= 4 is 17.2 Å². The average Bonchev–Trinajstić information content (AvgIpc) is 3.27. The van der Waals surface area contributed by atoms with E-state index >= 15 is 0 Å². The number of carbonyl (C=O) groups excluding carboxylic acids is 1. The second kappa shape index (κ2) is 7.47. The molecule has 1 fully saturated rings. The largest absolute Gasteiger partial charge is 0.459 e. The molecule has 3 heterocycles. The molecule has 1 aromatic rings. The molecule has 0 aliphatic carbocycles. The molecule has 0 radical (unpaired) electrons. The van der Waals surface area contributed by atoms with Crippen molar-refractivity contribution in [3.05, 3.63) is 34.2 Å². The van der Waals surface area contributed by atoms with Gasteiger partial charge in [-0.15, -0.1) is 0 Å². The van der Waals surface area contributed by atoms with Crippen molar-refractivity contribution in [3.63, 3.8) is 0 Å². The Morgan fingerprint density at radius 3 is 2.96 bits per heavy atom. The lowest BCUT2D eigenvalue weighted by molar-refractivity contribution is -0.168. The van der Waals surface area contributed by atoms with Crippen LogP contribution < -0.4 is 0 Å². The molecule has 3 rings (SSSR count). The van der Waals surface area contributed by atoms with E-state index in [9.17, 15) is 9.90 Å². The van der Waals surface area contributed by atoms with Gasteiger partial charge >= 0.3 is 0 Å². The first kappa shape index (κ1) is 16.5. The van der Waals surface area contributed by atoms with E-state index in [4.69, 9.17) is 9.47 Å². The van der Waals surface area contributed by atoms with Crippen molar-refractivity contribution < 1.29 is 19.4 Å². The Kier molecular flexibility index (Phi) is 5.35. The number of aliphatic hydroxyl groups excluding tert-OH is 1. The number of aliphatic hydroxyl groups is 1. The van der Waals surface area contributed by atoms with E-state index in [0.717, 1.165) is 19.5 Å². The van der Waals surface area contributed by atoms with Crippen LogP contribution in [-0.2, 0) is 14.3 Å². The molecule has 2 aliphatic heterocycles. The molecular weight excluding hydrogens is 314 g/mol. The number of ether oxygens (including phenoxy) is 2. The summed E-state index contributed by atoms with van der Waals surface area (Å²) in [6.07, 6.45) is 2.99. The van der Waals surface area contributed by atoms with E-state index in [1.165, 1.54) is 5.56 Å². The van der Waals surface area contributed by atoms with Crippen molar-refractivity contribution in [1.82, 2.24) is 4.90 Å². The fourth-order valence-corrected chi connectivity index (χ4v) is 3.72. The van der Waals surface area contributed by atoms with Crippen LogP contribution in [0.4, 0.5) is 0 Å². The molecule has 6 heteroatoms. The Balaban J connectivity index is 1.89. The third kappa shape index (κ3) is 3.76. The minimum Gasteiger partial charge on any atom is -0.459 e. The number of rotatable bonds is 7. The number of hydrogen-bond acceptors (Lipinski definition) is 5. The van der Waals surface area contributed by atoms with Crippen LogP contribution in [0, 0.1) is 5.92 Å². The molecule has 2 aliphatic rings. The number of nitrogens with zero attached hydrogens (tertiary/aromatic N) is 1. The smallest absolute Gasteiger partial charge is 0.288 e. The molecule has 0 spiro atoms. The summed E-state index contributed by atoms with van der Waals surface area (Å²) >= 11 is 1.65. The summed E-state index contributed by atoms with van der Waals surface area (Å²) in [5, 5.41) is 13.4. The lowest BCUT2D eigenvalue weighted by Gasteiger charge is -2.36. The zero-order valence-corrected chi connectivity index (χ0v) is 14.1. The highest BCUT2D eigenvalue weighted by Gasteiger charge is 2.40. The van der Waals surface area contributed by atoms with Gasteiger partial charge in [0.2, 0.25) is 6.29 Å². The van der Waals surface area contributed by atoms with Gasteiger partial charge in [-0.25, -0.2) is 0 Å². The average molecular weight is 337 g/mol. The Hall–Kier alpha value is -1.37. The number of hydrogen-bond donors (Lipinski definition) is 1. The molecule has 1 aromatic heterocycles. The second-order valence-electron chi connectivity index (χ2n) is 5.88. The topological polar surface area (TPSA) is 58.8 Å². The lowest BCUT2D eigenvalue weighted by Crippen LogP contribution is -2.37. The van der Waals surface area contributed by atoms with E-state index < -0.39 is 6.29 Å². The van der Waals surface area contributed by atoms with Crippen LogP contribution >= 0.6 is 11.3 Å². The molecule has 5 nitrogen and oxygen atoms in total. The Labute approximate surface area is 140 Å². The van der Waals surface area contributed by atoms with Crippen molar-refractivity contribution in [3.8, 4) is 0 Å². The minimum atomic E-state index is -0.444. The molecule has 0 bridgehead atoms. The predicted octanol–water partition coefficient (Wildman–Crippen LogP) is 2.34. The normalized spacial score (nSPS) is 26.6. The predicted molar refractivity (Wildman–Crippen MR) is 88.0 cm³/mol. The fourth-order valence-electron chi connectivity index (χ4n) is 3.01. The van der Waals surface area contributed by atoms with Crippen LogP contribution in [0.3, 0.4) is 0 Å². The van der Waals surface area contributed by atoms with Gasteiger partial charge in [-0.1, -0.05) is 0 Å². The molecule has 1 N–H and O–H groups in total. The van der Waals surface area contributed by atoms with E-state index in [1.807, 2.05) is 18.4 Å². The number of thiophene rings is 1. The Morgan fingerprint density at radius 1 is 1.52 bits per heavy atom. The molecule has 0 aromatic carbocycles. The Morgan fingerprint density at radius 2 is 2.35 bits per heavy atom. The number of carbonyl (C=O) groups is 1. The monoisotopic (exact) mass is 337 g/mol. The summed E-state index contributed by atoms with van der Waals surface area (Å²) in [5.74, 6) is 0.535. The SMILES string of the molecule is CCO[C@@H]1OC(C(=O)N2CC2)=C[C@H](c2ccsc2)[C@H]1CCCO. The summed E-state index contributed by atoms with van der Waals surface area (Å²) in [4.78, 5) is 14.1. The maximum Gasteiger partial charge on any atom is 0.288 e. The van der Waals surface area contributed by atoms with Gasteiger partial charge in [-0.3, -0.25) is 4.79 Å². The lowest BCUT2D eigenvalue weighted by atomic mass is 9.81. The molecule has 126 valence electrons. The van der Waals surface area contributed by atoms with Gasteiger partial charge in [-0.05, 0) is 48.2 Å². The minimum absolute atomic E-state index is 0.0458. The van der Waals surface area contributed by atoms with Crippen LogP contribution in [0.1, 0.15) is 31.2 Å². The van der Waals surface area contributed by atoms with Crippen LogP contribution in [-0.4, -0.2) is 48.5 Å². The third-order valence-corrected chi connectivity index (χ3v) is 4.99. The molecule has 3 atom stereocenters. The molecule has 1 saturated heterocycles.